The van der Waals surface area contributed by atoms with Crippen molar-refractivity contribution >= 4 is 39.2 Å². The van der Waals surface area contributed by atoms with Gasteiger partial charge in [-0.05, 0) is 31.2 Å². The maximum Gasteiger partial charge on any atom is 0.272 e. The number of carbonyl (C=O) groups excluding carboxylic acids is 1. The Labute approximate surface area is 160 Å². The van der Waals surface area contributed by atoms with Gasteiger partial charge in [-0.25, -0.2) is 4.98 Å². The Morgan fingerprint density at radius 2 is 2.27 bits per heavy atom. The summed E-state index contributed by atoms with van der Waals surface area (Å²) in [5.41, 5.74) is -0.458. The van der Waals surface area contributed by atoms with E-state index in [0.29, 0.717) is 21.9 Å². The van der Waals surface area contributed by atoms with Crippen molar-refractivity contribution in [3.05, 3.63) is 34.5 Å². The number of nitrogens with zero attached hydrogens (tertiary/aromatic N) is 3. The highest BCUT2D eigenvalue weighted by Gasteiger charge is 2.32. The molecule has 0 bridgehead atoms. The van der Waals surface area contributed by atoms with Crippen molar-refractivity contribution < 1.29 is 4.79 Å². The van der Waals surface area contributed by atoms with Crippen LogP contribution in [0, 0.1) is 17.2 Å². The van der Waals surface area contributed by atoms with Crippen molar-refractivity contribution in [1.29, 1.82) is 5.26 Å². The smallest absolute Gasteiger partial charge is 0.272 e. The average Bonchev–Trinajstić information content (AvgIpc) is 3.06. The van der Waals surface area contributed by atoms with Gasteiger partial charge in [0.2, 0.25) is 5.91 Å². The number of aromatic nitrogens is 2. The molecule has 2 heterocycles. The lowest BCUT2D eigenvalue weighted by molar-refractivity contribution is -0.121. The van der Waals surface area contributed by atoms with Gasteiger partial charge in [-0.2, -0.15) is 5.26 Å². The van der Waals surface area contributed by atoms with Gasteiger partial charge in [0.05, 0.1) is 16.8 Å². The Balaban J connectivity index is 2.31. The third-order valence-corrected chi connectivity index (χ3v) is 6.25. The zero-order valence-corrected chi connectivity index (χ0v) is 16.9. The van der Waals surface area contributed by atoms with Crippen LogP contribution in [0.3, 0.4) is 0 Å². The number of thiophene rings is 1. The van der Waals surface area contributed by atoms with Crippen LogP contribution in [0.25, 0.3) is 10.2 Å². The van der Waals surface area contributed by atoms with Gasteiger partial charge >= 0.3 is 0 Å². The van der Waals surface area contributed by atoms with E-state index >= 15 is 0 Å². The lowest BCUT2D eigenvalue weighted by atomic mass is 9.90. The number of nitriles is 1. The minimum Gasteiger partial charge on any atom is -0.337 e. The Hall–Kier alpha value is -2.11. The predicted molar refractivity (Wildman–Crippen MR) is 106 cm³/mol. The van der Waals surface area contributed by atoms with Crippen LogP contribution in [0.4, 0.5) is 0 Å². The van der Waals surface area contributed by atoms with E-state index < -0.39 is 10.8 Å². The molecule has 0 spiro atoms. The summed E-state index contributed by atoms with van der Waals surface area (Å²) in [6.45, 7) is 11.2. The number of nitrogens with one attached hydrogen (secondary N) is 1. The fourth-order valence-electron chi connectivity index (χ4n) is 2.17. The molecule has 0 radical (unpaired) electrons. The van der Waals surface area contributed by atoms with Gasteiger partial charge in [-0.1, -0.05) is 31.7 Å². The molecule has 6 nitrogen and oxygen atoms in total. The number of carbonyl (C=O) groups is 1. The molecule has 0 saturated carbocycles. The molecule has 1 amide bonds. The van der Waals surface area contributed by atoms with E-state index in [9.17, 15) is 14.9 Å². The third-order valence-electron chi connectivity index (χ3n) is 4.26. The second-order valence-electron chi connectivity index (χ2n) is 6.45. The third kappa shape index (κ3) is 4.00. The summed E-state index contributed by atoms with van der Waals surface area (Å²) in [6.07, 6.45) is 1.63. The molecule has 1 N–H and O–H groups in total. The normalized spacial score (nSPS) is 14.6. The van der Waals surface area contributed by atoms with Crippen LogP contribution >= 0.6 is 23.1 Å². The van der Waals surface area contributed by atoms with E-state index in [-0.39, 0.29) is 17.4 Å². The maximum atomic E-state index is 12.6. The first-order valence-electron chi connectivity index (χ1n) is 8.22. The second kappa shape index (κ2) is 8.06. The minimum absolute atomic E-state index is 0.0344. The van der Waals surface area contributed by atoms with Gasteiger partial charge in [0.15, 0.2) is 5.16 Å². The van der Waals surface area contributed by atoms with Crippen molar-refractivity contribution in [3.63, 3.8) is 0 Å². The molecule has 8 heteroatoms. The molecule has 2 rings (SSSR count). The van der Waals surface area contributed by atoms with Crippen LogP contribution < -0.4 is 10.9 Å². The van der Waals surface area contributed by atoms with E-state index in [2.05, 4.69) is 22.9 Å². The molecule has 0 aliphatic rings. The standard InChI is InChI=1S/C18H22N4O2S2/c1-6-8-22-16(24)14-13(7-9-25-14)20-17(22)26-12(4)15(23)21-18(5,10-19)11(2)3/h6-7,9,11-12H,1,8H2,2-5H3,(H,21,23)/t12-,18+/m1/s1. The van der Waals surface area contributed by atoms with Gasteiger partial charge in [0, 0.05) is 6.54 Å². The highest BCUT2D eigenvalue weighted by Crippen LogP contribution is 2.25. The Kier molecular flexibility index (Phi) is 6.26. The zero-order chi connectivity index (χ0) is 19.5. The van der Waals surface area contributed by atoms with Gasteiger partial charge < -0.3 is 5.32 Å². The molecule has 0 aliphatic carbocycles. The Bertz CT molecular complexity index is 925. The molecule has 0 saturated heterocycles. The van der Waals surface area contributed by atoms with Crippen molar-refractivity contribution in [2.75, 3.05) is 0 Å². The molecule has 0 aromatic carbocycles. The molecule has 0 aliphatic heterocycles. The predicted octanol–water partition coefficient (Wildman–Crippen LogP) is 3.18. The molecule has 0 unspecified atom stereocenters. The minimum atomic E-state index is -0.947. The number of fused-ring (bicyclic) bond motifs is 1. The SMILES string of the molecule is C=CCn1c(S[C@H](C)C(=O)N[C@@](C)(C#N)C(C)C)nc2ccsc2c1=O. The molecule has 138 valence electrons. The van der Waals surface area contributed by atoms with Crippen LogP contribution in [0.2, 0.25) is 0 Å². The molecular formula is C18H22N4O2S2. The van der Waals surface area contributed by atoms with Gasteiger partial charge in [-0.3, -0.25) is 14.2 Å². The summed E-state index contributed by atoms with van der Waals surface area (Å²) in [4.78, 5) is 29.8. The maximum absolute atomic E-state index is 12.6. The lowest BCUT2D eigenvalue weighted by Crippen LogP contribution is -2.51. The number of hydrogen-bond acceptors (Lipinski definition) is 6. The van der Waals surface area contributed by atoms with E-state index in [1.54, 1.807) is 26.0 Å². The van der Waals surface area contributed by atoms with Gasteiger partial charge in [-0.15, -0.1) is 17.9 Å². The van der Waals surface area contributed by atoms with Crippen molar-refractivity contribution in [2.45, 2.75) is 50.2 Å². The van der Waals surface area contributed by atoms with Crippen molar-refractivity contribution in [2.24, 2.45) is 5.92 Å². The van der Waals surface area contributed by atoms with Gasteiger partial charge in [0.25, 0.3) is 5.56 Å². The quantitative estimate of drug-likeness (QED) is 0.446. The fraction of sp³-hybridized carbons (Fsp3) is 0.444. The zero-order valence-electron chi connectivity index (χ0n) is 15.3. The summed E-state index contributed by atoms with van der Waals surface area (Å²) in [5, 5.41) is 14.0. The first-order chi connectivity index (χ1) is 12.2. The van der Waals surface area contributed by atoms with Crippen molar-refractivity contribution in [1.82, 2.24) is 14.9 Å². The van der Waals surface area contributed by atoms with Gasteiger partial charge in [0.1, 0.15) is 10.2 Å². The van der Waals surface area contributed by atoms with E-state index in [0.717, 1.165) is 0 Å². The number of amides is 1. The summed E-state index contributed by atoms with van der Waals surface area (Å²) < 4.78 is 2.11. The fourth-order valence-corrected chi connectivity index (χ4v) is 3.87. The molecule has 26 heavy (non-hydrogen) atoms. The van der Waals surface area contributed by atoms with Crippen molar-refractivity contribution in [3.8, 4) is 6.07 Å². The number of hydrogen-bond donors (Lipinski definition) is 1. The summed E-state index contributed by atoms with van der Waals surface area (Å²) >= 11 is 2.55. The second-order valence-corrected chi connectivity index (χ2v) is 8.68. The first-order valence-corrected chi connectivity index (χ1v) is 9.98. The van der Waals surface area contributed by atoms with Crippen LogP contribution in [0.5, 0.6) is 0 Å². The molecular weight excluding hydrogens is 368 g/mol. The van der Waals surface area contributed by atoms with E-state index in [1.165, 1.54) is 27.7 Å². The Morgan fingerprint density at radius 3 is 2.85 bits per heavy atom. The highest BCUT2D eigenvalue weighted by atomic mass is 32.2. The summed E-state index contributed by atoms with van der Waals surface area (Å²) in [5.74, 6) is -0.301. The number of allylic oxidation sites excluding steroid dienone is 1. The average molecular weight is 391 g/mol. The summed E-state index contributed by atoms with van der Waals surface area (Å²) in [6, 6.07) is 3.96. The molecule has 0 fully saturated rings. The van der Waals surface area contributed by atoms with E-state index in [1.807, 2.05) is 19.2 Å². The van der Waals surface area contributed by atoms with Crippen LogP contribution in [-0.2, 0) is 11.3 Å². The molecule has 2 aromatic heterocycles. The van der Waals surface area contributed by atoms with Crippen LogP contribution in [-0.4, -0.2) is 26.2 Å². The lowest BCUT2D eigenvalue weighted by Gasteiger charge is -2.28. The molecule has 2 atom stereocenters. The van der Waals surface area contributed by atoms with Crippen LogP contribution in [0.15, 0.2) is 34.1 Å². The topological polar surface area (TPSA) is 87.8 Å². The number of thioether (sulfide) groups is 1. The van der Waals surface area contributed by atoms with Crippen LogP contribution in [0.1, 0.15) is 27.7 Å². The summed E-state index contributed by atoms with van der Waals surface area (Å²) in [7, 11) is 0. The molecule has 2 aromatic rings. The number of rotatable bonds is 7. The Morgan fingerprint density at radius 1 is 1.58 bits per heavy atom. The highest BCUT2D eigenvalue weighted by molar-refractivity contribution is 8.00. The largest absolute Gasteiger partial charge is 0.337 e. The first kappa shape index (κ1) is 20.2. The monoisotopic (exact) mass is 390 g/mol. The van der Waals surface area contributed by atoms with E-state index in [4.69, 9.17) is 0 Å².